The zero-order valence-corrected chi connectivity index (χ0v) is 29.5. The minimum Gasteiger partial charge on any atom is -0.308 e. The lowest BCUT2D eigenvalue weighted by atomic mass is 9.98. The van der Waals surface area contributed by atoms with Crippen LogP contribution in [0, 0.1) is 22.7 Å². The SMILES string of the molecule is N#Cc1ccccc1-c1ccc(-n2c3ccccc3c3c4c(c5ccccc5n4-c4ccccc4)c4c(c5ccccc5n4-c4ccccc4)c32)c(C#N)c1. The molecule has 0 spiro atoms. The Balaban J connectivity index is 1.43. The smallest absolute Gasteiger partial charge is 0.101 e. The standard InChI is InChI=1S/C50H29N5/c51-30-33-15-7-8-20-37(33)32-27-28-41(34(29-32)31-52)55-44-26-14-11-23-40(44)47-49-45(38-21-9-12-24-42(38)53(49)35-16-3-1-4-17-35)48-46(50(47)55)39-22-10-13-25-43(39)54(48)36-18-5-2-6-19-36/h1-29H. The number of rotatable bonds is 4. The van der Waals surface area contributed by atoms with Crippen LogP contribution >= 0.6 is 0 Å². The molecule has 3 heterocycles. The molecule has 0 bridgehead atoms. The third-order valence-corrected chi connectivity index (χ3v) is 11.1. The number of fused-ring (bicyclic) bond motifs is 12. The number of hydrogen-bond donors (Lipinski definition) is 0. The van der Waals surface area contributed by atoms with E-state index in [9.17, 15) is 10.5 Å². The summed E-state index contributed by atoms with van der Waals surface area (Å²) < 4.78 is 7.15. The Bertz CT molecular complexity index is 3370. The second-order valence-electron chi connectivity index (χ2n) is 13.9. The first-order chi connectivity index (χ1) is 27.3. The van der Waals surface area contributed by atoms with Gasteiger partial charge in [0.1, 0.15) is 6.07 Å². The molecule has 0 unspecified atom stereocenters. The highest BCUT2D eigenvalue weighted by Crippen LogP contribution is 2.50. The van der Waals surface area contributed by atoms with Gasteiger partial charge in [-0.05, 0) is 71.8 Å². The topological polar surface area (TPSA) is 62.4 Å². The average Bonchev–Trinajstić information content (AvgIpc) is 3.90. The lowest BCUT2D eigenvalue weighted by molar-refractivity contribution is 1.16. The summed E-state index contributed by atoms with van der Waals surface area (Å²) in [6.45, 7) is 0. The van der Waals surface area contributed by atoms with Gasteiger partial charge < -0.3 is 13.7 Å². The molecule has 3 aromatic heterocycles. The average molecular weight is 700 g/mol. The van der Waals surface area contributed by atoms with Crippen molar-refractivity contribution in [1.29, 1.82) is 10.5 Å². The second-order valence-corrected chi connectivity index (χ2v) is 13.9. The van der Waals surface area contributed by atoms with Crippen LogP contribution in [0.4, 0.5) is 0 Å². The fraction of sp³-hybridized carbons (Fsp3) is 0. The Morgan fingerprint density at radius 1 is 0.364 bits per heavy atom. The van der Waals surface area contributed by atoms with Crippen molar-refractivity contribution in [3.05, 3.63) is 187 Å². The quantitative estimate of drug-likeness (QED) is 0.184. The van der Waals surface area contributed by atoms with E-state index in [1.54, 1.807) is 0 Å². The Morgan fingerprint density at radius 3 is 1.29 bits per heavy atom. The van der Waals surface area contributed by atoms with Crippen molar-refractivity contribution in [3.8, 4) is 40.3 Å². The third kappa shape index (κ3) is 4.27. The van der Waals surface area contributed by atoms with Gasteiger partial charge in [0, 0.05) is 43.7 Å². The summed E-state index contributed by atoms with van der Waals surface area (Å²) in [5.74, 6) is 0. The number of aromatic nitrogens is 3. The largest absolute Gasteiger partial charge is 0.308 e. The minimum atomic E-state index is 0.525. The van der Waals surface area contributed by atoms with Crippen LogP contribution in [0.5, 0.6) is 0 Å². The first-order valence-corrected chi connectivity index (χ1v) is 18.3. The predicted octanol–water partition coefficient (Wildman–Crippen LogP) is 12.4. The van der Waals surface area contributed by atoms with Gasteiger partial charge in [0.15, 0.2) is 0 Å². The van der Waals surface area contributed by atoms with E-state index >= 15 is 0 Å². The van der Waals surface area contributed by atoms with Crippen molar-refractivity contribution in [2.45, 2.75) is 0 Å². The van der Waals surface area contributed by atoms with Crippen LogP contribution in [0.2, 0.25) is 0 Å². The van der Waals surface area contributed by atoms with Gasteiger partial charge in [0.05, 0.1) is 56.0 Å². The summed E-state index contributed by atoms with van der Waals surface area (Å²) in [4.78, 5) is 0. The van der Waals surface area contributed by atoms with Crippen LogP contribution in [0.3, 0.4) is 0 Å². The van der Waals surface area contributed by atoms with Crippen molar-refractivity contribution in [2.75, 3.05) is 0 Å². The molecule has 5 nitrogen and oxygen atoms in total. The van der Waals surface area contributed by atoms with E-state index < -0.39 is 0 Å². The molecule has 0 aliphatic heterocycles. The maximum atomic E-state index is 10.9. The summed E-state index contributed by atoms with van der Waals surface area (Å²) in [7, 11) is 0. The van der Waals surface area contributed by atoms with E-state index in [1.165, 1.54) is 10.8 Å². The molecule has 0 aliphatic carbocycles. The lowest BCUT2D eigenvalue weighted by Gasteiger charge is -2.15. The van der Waals surface area contributed by atoms with Crippen LogP contribution in [0.15, 0.2) is 176 Å². The number of hydrogen-bond acceptors (Lipinski definition) is 2. The summed E-state index contributed by atoms with van der Waals surface area (Å²) in [5.41, 5.74) is 12.2. The molecular formula is C50H29N5. The number of para-hydroxylation sites is 5. The van der Waals surface area contributed by atoms with Gasteiger partial charge in [0.25, 0.3) is 0 Å². The van der Waals surface area contributed by atoms with Crippen molar-refractivity contribution in [1.82, 2.24) is 13.7 Å². The first-order valence-electron chi connectivity index (χ1n) is 18.3. The Morgan fingerprint density at radius 2 is 0.782 bits per heavy atom. The predicted molar refractivity (Wildman–Crippen MR) is 224 cm³/mol. The fourth-order valence-electron chi connectivity index (χ4n) is 8.91. The molecule has 0 fully saturated rings. The monoisotopic (exact) mass is 699 g/mol. The van der Waals surface area contributed by atoms with Crippen LogP contribution in [-0.2, 0) is 0 Å². The van der Waals surface area contributed by atoms with Crippen LogP contribution in [0.25, 0.3) is 93.6 Å². The highest BCUT2D eigenvalue weighted by atomic mass is 15.0. The molecule has 55 heavy (non-hydrogen) atoms. The van der Waals surface area contributed by atoms with E-state index in [0.29, 0.717) is 11.1 Å². The molecule has 0 saturated heterocycles. The van der Waals surface area contributed by atoms with E-state index in [-0.39, 0.29) is 0 Å². The number of benzene rings is 8. The third-order valence-electron chi connectivity index (χ3n) is 11.1. The zero-order valence-electron chi connectivity index (χ0n) is 29.5. The maximum absolute atomic E-state index is 10.9. The van der Waals surface area contributed by atoms with Gasteiger partial charge >= 0.3 is 0 Å². The molecule has 11 rings (SSSR count). The molecule has 0 atom stereocenters. The van der Waals surface area contributed by atoms with Crippen molar-refractivity contribution in [2.24, 2.45) is 0 Å². The zero-order chi connectivity index (χ0) is 36.6. The molecule has 0 N–H and O–H groups in total. The summed E-state index contributed by atoms with van der Waals surface area (Å²) in [6, 6.07) is 65.7. The molecule has 5 heteroatoms. The van der Waals surface area contributed by atoms with Crippen LogP contribution in [0.1, 0.15) is 11.1 Å². The lowest BCUT2D eigenvalue weighted by Crippen LogP contribution is -2.00. The van der Waals surface area contributed by atoms with Crippen LogP contribution < -0.4 is 0 Å². The Kier molecular flexibility index (Phi) is 6.61. The highest BCUT2D eigenvalue weighted by molar-refractivity contribution is 6.40. The van der Waals surface area contributed by atoms with Crippen molar-refractivity contribution >= 4 is 65.4 Å². The molecule has 0 saturated carbocycles. The van der Waals surface area contributed by atoms with E-state index in [2.05, 4.69) is 159 Å². The van der Waals surface area contributed by atoms with E-state index in [4.69, 9.17) is 0 Å². The fourth-order valence-corrected chi connectivity index (χ4v) is 8.91. The molecule has 0 aliphatic rings. The van der Waals surface area contributed by atoms with Gasteiger partial charge in [-0.15, -0.1) is 0 Å². The summed E-state index contributed by atoms with van der Waals surface area (Å²) in [5, 5.41) is 27.7. The number of nitriles is 2. The highest BCUT2D eigenvalue weighted by Gasteiger charge is 2.29. The molecule has 8 aromatic carbocycles. The summed E-state index contributed by atoms with van der Waals surface area (Å²) in [6.07, 6.45) is 0. The van der Waals surface area contributed by atoms with Gasteiger partial charge in [-0.3, -0.25) is 0 Å². The van der Waals surface area contributed by atoms with E-state index in [0.717, 1.165) is 82.8 Å². The Hall–Kier alpha value is -7.86. The Labute approximate surface area is 316 Å². The molecule has 0 radical (unpaired) electrons. The van der Waals surface area contributed by atoms with E-state index in [1.807, 2.05) is 42.5 Å². The van der Waals surface area contributed by atoms with Gasteiger partial charge in [-0.1, -0.05) is 115 Å². The van der Waals surface area contributed by atoms with Crippen molar-refractivity contribution < 1.29 is 0 Å². The molecule has 11 aromatic rings. The molecule has 0 amide bonds. The van der Waals surface area contributed by atoms with Crippen LogP contribution in [-0.4, -0.2) is 13.7 Å². The van der Waals surface area contributed by atoms with Crippen molar-refractivity contribution in [3.63, 3.8) is 0 Å². The van der Waals surface area contributed by atoms with Gasteiger partial charge in [-0.25, -0.2) is 0 Å². The number of nitrogens with zero attached hydrogens (tertiary/aromatic N) is 5. The maximum Gasteiger partial charge on any atom is 0.101 e. The second kappa shape index (κ2) is 11.8. The van der Waals surface area contributed by atoms with Gasteiger partial charge in [-0.2, -0.15) is 10.5 Å². The first kappa shape index (κ1) is 30.7. The minimum absolute atomic E-state index is 0.525. The molecular weight excluding hydrogens is 671 g/mol. The normalized spacial score (nSPS) is 11.6. The van der Waals surface area contributed by atoms with Gasteiger partial charge in [0.2, 0.25) is 0 Å². The molecule has 254 valence electrons. The summed E-state index contributed by atoms with van der Waals surface area (Å²) >= 11 is 0.